The first-order chi connectivity index (χ1) is 14.9. The Morgan fingerprint density at radius 3 is 2.35 bits per heavy atom. The third-order valence-electron chi connectivity index (χ3n) is 4.28. The minimum absolute atomic E-state index is 0.00732. The fraction of sp³-hybridized carbons (Fsp3) is 0.0833. The molecular formula is C24H17Br3N2O2. The topological polar surface area (TPSA) is 62.1 Å². The summed E-state index contributed by atoms with van der Waals surface area (Å²) in [5.41, 5.74) is 3.53. The molecular weight excluding hydrogens is 588 g/mol. The Bertz CT molecular complexity index is 1160. The standard InChI is InChI=1S/C24H17Br3N2O2/c1-15-5-7-16(8-6-15)14-31-23-21(26)10-17(11-22(23)27)9-18(13-28)24(30)29-20-4-2-3-19(25)12-20/h2-12H,14H2,1H3,(H,29,30)/b18-9-. The SMILES string of the molecule is Cc1ccc(COc2c(Br)cc(/C=C(/C#N)C(=O)Nc3cccc(Br)c3)cc2Br)cc1. The number of nitriles is 1. The van der Waals surface area contributed by atoms with Gasteiger partial charge < -0.3 is 10.1 Å². The molecule has 1 N–H and O–H groups in total. The molecule has 0 aliphatic rings. The van der Waals surface area contributed by atoms with Crippen LogP contribution >= 0.6 is 47.8 Å². The van der Waals surface area contributed by atoms with E-state index >= 15 is 0 Å². The van der Waals surface area contributed by atoms with E-state index in [-0.39, 0.29) is 5.57 Å². The van der Waals surface area contributed by atoms with Gasteiger partial charge in [-0.1, -0.05) is 51.8 Å². The number of carbonyl (C=O) groups excluding carboxylic acids is 1. The van der Waals surface area contributed by atoms with E-state index in [0.717, 1.165) is 10.0 Å². The van der Waals surface area contributed by atoms with Gasteiger partial charge in [-0.05, 0) is 86.3 Å². The number of halogens is 3. The first-order valence-electron chi connectivity index (χ1n) is 9.22. The summed E-state index contributed by atoms with van der Waals surface area (Å²) in [6, 6.07) is 20.9. The molecule has 0 aliphatic heterocycles. The van der Waals surface area contributed by atoms with Gasteiger partial charge in [-0.3, -0.25) is 4.79 Å². The Morgan fingerprint density at radius 2 is 1.74 bits per heavy atom. The van der Waals surface area contributed by atoms with Crippen LogP contribution < -0.4 is 10.1 Å². The average Bonchev–Trinajstić information content (AvgIpc) is 2.72. The van der Waals surface area contributed by atoms with E-state index in [2.05, 4.69) is 53.1 Å². The maximum atomic E-state index is 12.5. The van der Waals surface area contributed by atoms with Crippen LogP contribution in [0.4, 0.5) is 5.69 Å². The molecule has 3 rings (SSSR count). The molecule has 0 aliphatic carbocycles. The summed E-state index contributed by atoms with van der Waals surface area (Å²) in [4.78, 5) is 12.5. The van der Waals surface area contributed by atoms with Gasteiger partial charge in [0.15, 0.2) is 0 Å². The summed E-state index contributed by atoms with van der Waals surface area (Å²) in [6.45, 7) is 2.46. The van der Waals surface area contributed by atoms with Gasteiger partial charge in [0.1, 0.15) is 24.0 Å². The van der Waals surface area contributed by atoms with Crippen LogP contribution in [0, 0.1) is 18.3 Å². The minimum atomic E-state index is -0.479. The Kier molecular flexibility index (Phi) is 8.08. The summed E-state index contributed by atoms with van der Waals surface area (Å²) < 4.78 is 8.22. The lowest BCUT2D eigenvalue weighted by Gasteiger charge is -2.12. The molecule has 0 fully saturated rings. The van der Waals surface area contributed by atoms with Crippen molar-refractivity contribution in [2.24, 2.45) is 0 Å². The van der Waals surface area contributed by atoms with Gasteiger partial charge in [-0.25, -0.2) is 0 Å². The van der Waals surface area contributed by atoms with Crippen molar-refractivity contribution >= 4 is 65.5 Å². The molecule has 1 amide bonds. The number of hydrogen-bond donors (Lipinski definition) is 1. The van der Waals surface area contributed by atoms with Crippen LogP contribution in [0.15, 0.2) is 79.7 Å². The number of nitrogens with one attached hydrogen (secondary N) is 1. The fourth-order valence-electron chi connectivity index (χ4n) is 2.72. The van der Waals surface area contributed by atoms with Crippen molar-refractivity contribution in [3.63, 3.8) is 0 Å². The number of benzene rings is 3. The van der Waals surface area contributed by atoms with Gasteiger partial charge in [0, 0.05) is 10.2 Å². The van der Waals surface area contributed by atoms with E-state index in [1.165, 1.54) is 11.6 Å². The number of nitrogens with zero attached hydrogens (tertiary/aromatic N) is 1. The Hall–Kier alpha value is -2.40. The van der Waals surface area contributed by atoms with Gasteiger partial charge in [0.2, 0.25) is 0 Å². The van der Waals surface area contributed by atoms with Crippen LogP contribution in [0.5, 0.6) is 5.75 Å². The second-order valence-electron chi connectivity index (χ2n) is 6.72. The molecule has 0 saturated carbocycles. The predicted octanol–water partition coefficient (Wildman–Crippen LogP) is 7.41. The molecule has 0 spiro atoms. The van der Waals surface area contributed by atoms with E-state index in [1.807, 2.05) is 43.3 Å². The molecule has 0 heterocycles. The second kappa shape index (κ2) is 10.8. The van der Waals surface area contributed by atoms with Crippen molar-refractivity contribution < 1.29 is 9.53 Å². The fourth-order valence-corrected chi connectivity index (χ4v) is 4.57. The highest BCUT2D eigenvalue weighted by Gasteiger charge is 2.13. The molecule has 0 radical (unpaired) electrons. The quantitative estimate of drug-likeness (QED) is 0.235. The molecule has 156 valence electrons. The summed E-state index contributed by atoms with van der Waals surface area (Å²) in [6.07, 6.45) is 1.53. The van der Waals surface area contributed by atoms with Crippen molar-refractivity contribution in [2.75, 3.05) is 5.32 Å². The molecule has 4 nitrogen and oxygen atoms in total. The lowest BCUT2D eigenvalue weighted by molar-refractivity contribution is -0.112. The zero-order valence-corrected chi connectivity index (χ0v) is 21.2. The maximum Gasteiger partial charge on any atom is 0.266 e. The number of rotatable bonds is 6. The normalized spacial score (nSPS) is 11.0. The third kappa shape index (κ3) is 6.54. The lowest BCUT2D eigenvalue weighted by Crippen LogP contribution is -2.13. The number of ether oxygens (including phenoxy) is 1. The largest absolute Gasteiger partial charge is 0.487 e. The van der Waals surface area contributed by atoms with Gasteiger partial charge in [0.05, 0.1) is 8.95 Å². The Labute approximate surface area is 206 Å². The van der Waals surface area contributed by atoms with E-state index < -0.39 is 5.91 Å². The van der Waals surface area contributed by atoms with Gasteiger partial charge in [-0.15, -0.1) is 0 Å². The first kappa shape index (κ1) is 23.3. The van der Waals surface area contributed by atoms with Crippen LogP contribution in [0.1, 0.15) is 16.7 Å². The van der Waals surface area contributed by atoms with Crippen molar-refractivity contribution in [3.05, 3.63) is 96.3 Å². The monoisotopic (exact) mass is 602 g/mol. The predicted molar refractivity (Wildman–Crippen MR) is 134 cm³/mol. The molecule has 0 unspecified atom stereocenters. The van der Waals surface area contributed by atoms with Crippen molar-refractivity contribution in [3.8, 4) is 11.8 Å². The summed E-state index contributed by atoms with van der Waals surface area (Å²) >= 11 is 10.4. The zero-order chi connectivity index (χ0) is 22.4. The first-order valence-corrected chi connectivity index (χ1v) is 11.6. The number of aryl methyl sites for hydroxylation is 1. The molecule has 0 bridgehead atoms. The van der Waals surface area contributed by atoms with Crippen LogP contribution in [-0.2, 0) is 11.4 Å². The molecule has 0 saturated heterocycles. The lowest BCUT2D eigenvalue weighted by atomic mass is 10.1. The number of carbonyl (C=O) groups is 1. The van der Waals surface area contributed by atoms with E-state index in [0.29, 0.717) is 32.6 Å². The van der Waals surface area contributed by atoms with E-state index in [1.54, 1.807) is 30.3 Å². The van der Waals surface area contributed by atoms with Crippen molar-refractivity contribution in [2.45, 2.75) is 13.5 Å². The molecule has 3 aromatic rings. The van der Waals surface area contributed by atoms with Gasteiger partial charge >= 0.3 is 0 Å². The molecule has 7 heteroatoms. The summed E-state index contributed by atoms with van der Waals surface area (Å²) in [7, 11) is 0. The Morgan fingerprint density at radius 1 is 1.06 bits per heavy atom. The van der Waals surface area contributed by atoms with Gasteiger partial charge in [0.25, 0.3) is 5.91 Å². The van der Waals surface area contributed by atoms with Crippen LogP contribution in [0.2, 0.25) is 0 Å². The van der Waals surface area contributed by atoms with Crippen molar-refractivity contribution in [1.82, 2.24) is 0 Å². The second-order valence-corrected chi connectivity index (χ2v) is 9.35. The van der Waals surface area contributed by atoms with E-state index in [4.69, 9.17) is 4.74 Å². The zero-order valence-electron chi connectivity index (χ0n) is 16.5. The maximum absolute atomic E-state index is 12.5. The van der Waals surface area contributed by atoms with Crippen molar-refractivity contribution in [1.29, 1.82) is 5.26 Å². The summed E-state index contributed by atoms with van der Waals surface area (Å²) in [5.74, 6) is 0.169. The molecule has 3 aromatic carbocycles. The molecule has 0 atom stereocenters. The highest BCUT2D eigenvalue weighted by atomic mass is 79.9. The summed E-state index contributed by atoms with van der Waals surface area (Å²) in [5, 5.41) is 12.2. The Balaban J connectivity index is 1.76. The number of anilines is 1. The van der Waals surface area contributed by atoms with Crippen LogP contribution in [0.3, 0.4) is 0 Å². The molecule has 0 aromatic heterocycles. The highest BCUT2D eigenvalue weighted by molar-refractivity contribution is 9.11. The minimum Gasteiger partial charge on any atom is -0.487 e. The smallest absolute Gasteiger partial charge is 0.266 e. The number of amides is 1. The number of hydrogen-bond acceptors (Lipinski definition) is 3. The average molecular weight is 605 g/mol. The highest BCUT2D eigenvalue weighted by Crippen LogP contribution is 2.36. The third-order valence-corrected chi connectivity index (χ3v) is 5.95. The van der Waals surface area contributed by atoms with Gasteiger partial charge in [-0.2, -0.15) is 5.26 Å². The van der Waals surface area contributed by atoms with Crippen LogP contribution in [0.25, 0.3) is 6.08 Å². The van der Waals surface area contributed by atoms with Crippen LogP contribution in [-0.4, -0.2) is 5.91 Å². The van der Waals surface area contributed by atoms with E-state index in [9.17, 15) is 10.1 Å². The molecule has 31 heavy (non-hydrogen) atoms.